The number of hydrogen-bond donors (Lipinski definition) is 2. The van der Waals surface area contributed by atoms with Crippen molar-refractivity contribution in [2.24, 2.45) is 0 Å². The highest BCUT2D eigenvalue weighted by molar-refractivity contribution is 5.81. The van der Waals surface area contributed by atoms with E-state index in [2.05, 4.69) is 27.6 Å². The van der Waals surface area contributed by atoms with Crippen molar-refractivity contribution in [3.63, 3.8) is 0 Å². The molecule has 0 spiro atoms. The molecule has 128 valence electrons. The number of nitrogens with one attached hydrogen (secondary N) is 2. The Morgan fingerprint density at radius 2 is 2.17 bits per heavy atom. The molecule has 1 amide bonds. The number of nitrogens with zero attached hydrogens (tertiary/aromatic N) is 1. The van der Waals surface area contributed by atoms with Crippen LogP contribution in [0.25, 0.3) is 0 Å². The van der Waals surface area contributed by atoms with Gasteiger partial charge < -0.3 is 10.1 Å². The summed E-state index contributed by atoms with van der Waals surface area (Å²) in [5.41, 5.74) is 3.87. The van der Waals surface area contributed by atoms with Gasteiger partial charge in [0.05, 0.1) is 6.20 Å². The second kappa shape index (κ2) is 7.99. The smallest absolute Gasteiger partial charge is 0.261 e. The molecule has 0 unspecified atom stereocenters. The van der Waals surface area contributed by atoms with Crippen LogP contribution in [-0.2, 0) is 24.1 Å². The van der Waals surface area contributed by atoms with Crippen LogP contribution in [0.3, 0.4) is 0 Å². The first-order valence-electron chi connectivity index (χ1n) is 8.80. The van der Waals surface area contributed by atoms with Gasteiger partial charge in [0.15, 0.2) is 6.10 Å². The highest BCUT2D eigenvalue weighted by atomic mass is 16.5. The predicted molar refractivity (Wildman–Crippen MR) is 93.1 cm³/mol. The lowest BCUT2D eigenvalue weighted by Gasteiger charge is -2.20. The fourth-order valence-electron chi connectivity index (χ4n) is 3.13. The fraction of sp³-hybridized carbons (Fsp3) is 0.474. The number of ether oxygens (including phenoxy) is 1. The van der Waals surface area contributed by atoms with E-state index in [0.717, 1.165) is 30.6 Å². The molecule has 0 saturated carbocycles. The van der Waals surface area contributed by atoms with Crippen molar-refractivity contribution in [2.45, 2.75) is 51.6 Å². The largest absolute Gasteiger partial charge is 0.481 e. The zero-order chi connectivity index (χ0) is 16.8. The summed E-state index contributed by atoms with van der Waals surface area (Å²) in [6.45, 7) is 2.56. The van der Waals surface area contributed by atoms with Gasteiger partial charge in [0, 0.05) is 12.7 Å². The third-order valence-electron chi connectivity index (χ3n) is 4.53. The van der Waals surface area contributed by atoms with Crippen LogP contribution >= 0.6 is 0 Å². The summed E-state index contributed by atoms with van der Waals surface area (Å²) in [5.74, 6) is 0.742. The van der Waals surface area contributed by atoms with Crippen LogP contribution in [0.5, 0.6) is 5.75 Å². The van der Waals surface area contributed by atoms with Gasteiger partial charge in [-0.2, -0.15) is 5.10 Å². The molecule has 0 saturated heterocycles. The van der Waals surface area contributed by atoms with Gasteiger partial charge in [-0.15, -0.1) is 0 Å². The van der Waals surface area contributed by atoms with Crippen LogP contribution in [0.4, 0.5) is 0 Å². The van der Waals surface area contributed by atoms with Crippen LogP contribution in [0, 0.1) is 0 Å². The molecule has 0 bridgehead atoms. The van der Waals surface area contributed by atoms with Crippen molar-refractivity contribution >= 4 is 5.91 Å². The lowest BCUT2D eigenvalue weighted by molar-refractivity contribution is -0.128. The molecular weight excluding hydrogens is 302 g/mol. The molecule has 0 fully saturated rings. The lowest BCUT2D eigenvalue weighted by Crippen LogP contribution is -2.38. The molecule has 2 aromatic rings. The number of aromatic amines is 1. The van der Waals surface area contributed by atoms with Gasteiger partial charge in [-0.25, -0.2) is 0 Å². The summed E-state index contributed by atoms with van der Waals surface area (Å²) < 4.78 is 5.95. The first-order chi connectivity index (χ1) is 11.8. The number of benzene rings is 1. The Bertz CT molecular complexity index is 667. The Kier molecular flexibility index (Phi) is 5.51. The van der Waals surface area contributed by atoms with E-state index in [9.17, 15) is 4.79 Å². The Hall–Kier alpha value is -2.30. The zero-order valence-corrected chi connectivity index (χ0v) is 14.2. The summed E-state index contributed by atoms with van der Waals surface area (Å²) in [6, 6.07) is 6.24. The molecule has 0 radical (unpaired) electrons. The number of rotatable bonds is 7. The molecule has 1 heterocycles. The summed E-state index contributed by atoms with van der Waals surface area (Å²) in [6.07, 6.45) is 9.34. The molecule has 3 rings (SSSR count). The van der Waals surface area contributed by atoms with Crippen molar-refractivity contribution in [1.29, 1.82) is 0 Å². The number of hydrogen-bond acceptors (Lipinski definition) is 3. The highest BCUT2D eigenvalue weighted by Gasteiger charge is 2.19. The first kappa shape index (κ1) is 16.6. The van der Waals surface area contributed by atoms with E-state index in [4.69, 9.17) is 4.74 Å². The maximum atomic E-state index is 12.3. The van der Waals surface area contributed by atoms with Crippen LogP contribution in [0.15, 0.2) is 30.6 Å². The van der Waals surface area contributed by atoms with Gasteiger partial charge in [0.25, 0.3) is 5.91 Å². The van der Waals surface area contributed by atoms with E-state index >= 15 is 0 Å². The molecule has 1 atom stereocenters. The average Bonchev–Trinajstić information content (AvgIpc) is 3.13. The Morgan fingerprint density at radius 1 is 1.33 bits per heavy atom. The normalized spacial score (nSPS) is 14.7. The number of carbonyl (C=O) groups is 1. The SMILES string of the molecule is CC[C@H](Oc1ccc2c(c1)CCCC2)C(=O)NCCc1cn[nH]c1. The van der Waals surface area contributed by atoms with Crippen LogP contribution in [0.2, 0.25) is 0 Å². The topological polar surface area (TPSA) is 67.0 Å². The first-order valence-corrected chi connectivity index (χ1v) is 8.80. The fourth-order valence-corrected chi connectivity index (χ4v) is 3.13. The van der Waals surface area contributed by atoms with E-state index < -0.39 is 6.10 Å². The molecule has 2 N–H and O–H groups in total. The minimum atomic E-state index is -0.448. The van der Waals surface area contributed by atoms with E-state index in [0.29, 0.717) is 13.0 Å². The Balaban J connectivity index is 1.54. The minimum Gasteiger partial charge on any atom is -0.481 e. The van der Waals surface area contributed by atoms with Gasteiger partial charge in [-0.3, -0.25) is 9.89 Å². The Morgan fingerprint density at radius 3 is 2.92 bits per heavy atom. The standard InChI is InChI=1S/C19H25N3O2/c1-2-18(19(23)20-10-9-14-12-21-22-13-14)24-17-8-7-15-5-3-4-6-16(15)11-17/h7-8,11-13,18H,2-6,9-10H2,1H3,(H,20,23)(H,21,22)/t18-/m0/s1. The third kappa shape index (κ3) is 4.16. The highest BCUT2D eigenvalue weighted by Crippen LogP contribution is 2.26. The zero-order valence-electron chi connectivity index (χ0n) is 14.2. The summed E-state index contributed by atoms with van der Waals surface area (Å²) >= 11 is 0. The third-order valence-corrected chi connectivity index (χ3v) is 4.53. The molecule has 0 aliphatic heterocycles. The van der Waals surface area contributed by atoms with Crippen molar-refractivity contribution in [1.82, 2.24) is 15.5 Å². The number of aryl methyl sites for hydroxylation is 2. The summed E-state index contributed by atoms with van der Waals surface area (Å²) in [7, 11) is 0. The quantitative estimate of drug-likeness (QED) is 0.822. The summed E-state index contributed by atoms with van der Waals surface area (Å²) in [4.78, 5) is 12.3. The molecule has 1 aliphatic carbocycles. The Labute approximate surface area is 142 Å². The van der Waals surface area contributed by atoms with Crippen LogP contribution in [0.1, 0.15) is 42.9 Å². The van der Waals surface area contributed by atoms with Crippen molar-refractivity contribution in [2.75, 3.05) is 6.54 Å². The van der Waals surface area contributed by atoms with Gasteiger partial charge in [-0.1, -0.05) is 13.0 Å². The molecular formula is C19H25N3O2. The van der Waals surface area contributed by atoms with Crippen molar-refractivity contribution < 1.29 is 9.53 Å². The van der Waals surface area contributed by atoms with Gasteiger partial charge in [0.1, 0.15) is 5.75 Å². The maximum Gasteiger partial charge on any atom is 0.261 e. The van der Waals surface area contributed by atoms with E-state index in [1.807, 2.05) is 19.2 Å². The van der Waals surface area contributed by atoms with E-state index in [1.54, 1.807) is 6.20 Å². The molecule has 1 aliphatic rings. The average molecular weight is 327 g/mol. The van der Waals surface area contributed by atoms with Gasteiger partial charge in [-0.05, 0) is 67.3 Å². The van der Waals surface area contributed by atoms with Crippen molar-refractivity contribution in [3.8, 4) is 5.75 Å². The number of H-pyrrole nitrogens is 1. The number of carbonyl (C=O) groups excluding carboxylic acids is 1. The van der Waals surface area contributed by atoms with E-state index in [1.165, 1.54) is 24.0 Å². The van der Waals surface area contributed by atoms with E-state index in [-0.39, 0.29) is 5.91 Å². The van der Waals surface area contributed by atoms with Gasteiger partial charge >= 0.3 is 0 Å². The second-order valence-corrected chi connectivity index (χ2v) is 6.30. The van der Waals surface area contributed by atoms with Gasteiger partial charge in [0.2, 0.25) is 0 Å². The predicted octanol–water partition coefficient (Wildman–Crippen LogP) is 2.80. The molecule has 5 heteroatoms. The molecule has 5 nitrogen and oxygen atoms in total. The molecule has 1 aromatic heterocycles. The maximum absolute atomic E-state index is 12.3. The second-order valence-electron chi connectivity index (χ2n) is 6.30. The van der Waals surface area contributed by atoms with Crippen LogP contribution in [-0.4, -0.2) is 28.8 Å². The monoisotopic (exact) mass is 327 g/mol. The number of amides is 1. The summed E-state index contributed by atoms with van der Waals surface area (Å²) in [5, 5.41) is 9.62. The number of fused-ring (bicyclic) bond motifs is 1. The van der Waals surface area contributed by atoms with Crippen LogP contribution < -0.4 is 10.1 Å². The number of aromatic nitrogens is 2. The molecule has 24 heavy (non-hydrogen) atoms. The van der Waals surface area contributed by atoms with Crippen molar-refractivity contribution in [3.05, 3.63) is 47.3 Å². The molecule has 1 aromatic carbocycles. The lowest BCUT2D eigenvalue weighted by atomic mass is 9.92. The minimum absolute atomic E-state index is 0.0567.